The van der Waals surface area contributed by atoms with Crippen molar-refractivity contribution < 1.29 is 32.7 Å². The Labute approximate surface area is 133 Å². The van der Waals surface area contributed by atoms with Gasteiger partial charge in [0.05, 0.1) is 19.3 Å². The summed E-state index contributed by atoms with van der Waals surface area (Å²) in [7, 11) is -4.06. The molecule has 23 heavy (non-hydrogen) atoms. The summed E-state index contributed by atoms with van der Waals surface area (Å²) < 4.78 is 35.2. The molecule has 1 N–H and O–H groups in total. The molecule has 1 atom stereocenters. The highest BCUT2D eigenvalue weighted by Crippen LogP contribution is 2.49. The summed E-state index contributed by atoms with van der Waals surface area (Å²) in [5.41, 5.74) is 8.52. The van der Waals surface area contributed by atoms with Crippen LogP contribution >= 0.6 is 7.60 Å². The maximum Gasteiger partial charge on any atom is 0.446 e. The average Bonchev–Trinajstić information content (AvgIpc) is 2.48. The minimum atomic E-state index is -4.06. The van der Waals surface area contributed by atoms with Crippen LogP contribution in [0.1, 0.15) is 31.9 Å². The number of benzene rings is 1. The van der Waals surface area contributed by atoms with Crippen LogP contribution in [0.25, 0.3) is 5.53 Å². The van der Waals surface area contributed by atoms with Crippen molar-refractivity contribution in [3.8, 4) is 0 Å². The standard InChI is InChI=1S/C14H18FN2O5P/c1-3-21-23(20,22-4-2)14(17-16)13(19)9-12(18)10-5-7-11(15)8-6-10/h5-8,12,18H,3-4,9H2,1-2H3/t12-/m1/s1. The molecular weight excluding hydrogens is 326 g/mol. The van der Waals surface area contributed by atoms with E-state index in [1.54, 1.807) is 13.8 Å². The van der Waals surface area contributed by atoms with Crippen molar-refractivity contribution in [2.24, 2.45) is 0 Å². The number of nitrogens with zero attached hydrogens (tertiary/aromatic N) is 2. The Morgan fingerprint density at radius 1 is 1.30 bits per heavy atom. The molecule has 0 saturated carbocycles. The molecule has 0 aromatic heterocycles. The van der Waals surface area contributed by atoms with E-state index in [0.29, 0.717) is 5.56 Å². The molecule has 0 aliphatic rings. The molecular formula is C14H18FN2O5P. The second-order valence-corrected chi connectivity index (χ2v) is 6.39. The van der Waals surface area contributed by atoms with Gasteiger partial charge in [0.1, 0.15) is 5.82 Å². The lowest BCUT2D eigenvalue weighted by Gasteiger charge is -2.13. The Morgan fingerprint density at radius 2 is 1.83 bits per heavy atom. The van der Waals surface area contributed by atoms with Crippen molar-refractivity contribution in [1.82, 2.24) is 0 Å². The van der Waals surface area contributed by atoms with E-state index in [4.69, 9.17) is 14.6 Å². The maximum atomic E-state index is 12.9. The van der Waals surface area contributed by atoms with Crippen LogP contribution < -0.4 is 0 Å². The minimum Gasteiger partial charge on any atom is -0.388 e. The van der Waals surface area contributed by atoms with Crippen LogP contribution in [-0.2, 0) is 18.4 Å². The van der Waals surface area contributed by atoms with Crippen LogP contribution in [0.4, 0.5) is 4.39 Å². The van der Waals surface area contributed by atoms with Crippen LogP contribution in [0, 0.1) is 5.82 Å². The zero-order valence-electron chi connectivity index (χ0n) is 12.8. The number of carbonyl (C=O) groups is 1. The molecule has 1 rings (SSSR count). The Balaban J connectivity index is 2.94. The number of halogens is 1. The number of aliphatic hydroxyl groups is 1. The molecule has 0 bridgehead atoms. The van der Waals surface area contributed by atoms with E-state index in [2.05, 4.69) is 4.79 Å². The van der Waals surface area contributed by atoms with Crippen LogP contribution in [0.3, 0.4) is 0 Å². The topological polar surface area (TPSA) is 109 Å². The predicted molar refractivity (Wildman–Crippen MR) is 80.5 cm³/mol. The number of carbonyl (C=O) groups excluding carboxylic acids is 1. The van der Waals surface area contributed by atoms with Gasteiger partial charge in [-0.2, -0.15) is 4.79 Å². The molecule has 0 aliphatic heterocycles. The molecule has 0 heterocycles. The molecule has 0 fully saturated rings. The number of hydrogen-bond donors (Lipinski definition) is 1. The molecule has 7 nitrogen and oxygen atoms in total. The fourth-order valence-corrected chi connectivity index (χ4v) is 3.34. The summed E-state index contributed by atoms with van der Waals surface area (Å²) in [6.45, 7) is 3.03. The van der Waals surface area contributed by atoms with Crippen molar-refractivity contribution in [2.45, 2.75) is 26.4 Å². The highest BCUT2D eigenvalue weighted by Gasteiger charge is 2.45. The van der Waals surface area contributed by atoms with Gasteiger partial charge in [-0.25, -0.2) is 8.96 Å². The van der Waals surface area contributed by atoms with E-state index < -0.39 is 37.2 Å². The Hall–Kier alpha value is -1.69. The first-order valence-corrected chi connectivity index (χ1v) is 8.50. The first-order valence-electron chi connectivity index (χ1n) is 6.96. The van der Waals surface area contributed by atoms with Crippen LogP contribution in [-0.4, -0.2) is 34.3 Å². The van der Waals surface area contributed by atoms with E-state index in [-0.39, 0.29) is 13.2 Å². The molecule has 0 aliphatic carbocycles. The smallest absolute Gasteiger partial charge is 0.388 e. The summed E-state index contributed by atoms with van der Waals surface area (Å²) in [6.07, 6.45) is -1.80. The molecule has 126 valence electrons. The van der Waals surface area contributed by atoms with Crippen molar-refractivity contribution in [2.75, 3.05) is 13.2 Å². The van der Waals surface area contributed by atoms with Crippen molar-refractivity contribution >= 4 is 18.8 Å². The SMILES string of the molecule is CCOP(=O)(OCC)C(=[N+]=[N-])C(=O)C[C@@H](O)c1ccc(F)cc1. The average molecular weight is 344 g/mol. The van der Waals surface area contributed by atoms with E-state index in [1.807, 2.05) is 0 Å². The van der Waals surface area contributed by atoms with Gasteiger partial charge in [-0.15, -0.1) is 0 Å². The predicted octanol–water partition coefficient (Wildman–Crippen LogP) is 2.71. The highest BCUT2D eigenvalue weighted by atomic mass is 31.2. The first kappa shape index (κ1) is 19.4. The summed E-state index contributed by atoms with van der Waals surface area (Å²) >= 11 is 0. The third-order valence-corrected chi connectivity index (χ3v) is 4.89. The lowest BCUT2D eigenvalue weighted by atomic mass is 10.0. The van der Waals surface area contributed by atoms with E-state index in [1.165, 1.54) is 12.1 Å². The van der Waals surface area contributed by atoms with Gasteiger partial charge in [0.2, 0.25) is 0 Å². The van der Waals surface area contributed by atoms with Crippen LogP contribution in [0.2, 0.25) is 0 Å². The molecule has 1 aromatic carbocycles. The number of ketones is 1. The zero-order chi connectivity index (χ0) is 17.5. The van der Waals surface area contributed by atoms with Crippen molar-refractivity contribution in [1.29, 1.82) is 0 Å². The lowest BCUT2D eigenvalue weighted by Crippen LogP contribution is -2.21. The first-order chi connectivity index (χ1) is 10.9. The van der Waals surface area contributed by atoms with Gasteiger partial charge >= 0.3 is 13.0 Å². The second kappa shape index (κ2) is 8.82. The third-order valence-electron chi connectivity index (χ3n) is 2.84. The number of aliphatic hydroxyl groups excluding tert-OH is 1. The maximum absolute atomic E-state index is 12.9. The summed E-state index contributed by atoms with van der Waals surface area (Å²) in [4.78, 5) is 14.9. The van der Waals surface area contributed by atoms with E-state index in [0.717, 1.165) is 12.1 Å². The van der Waals surface area contributed by atoms with Crippen molar-refractivity contribution in [3.05, 3.63) is 41.2 Å². The highest BCUT2D eigenvalue weighted by molar-refractivity contribution is 7.74. The fourth-order valence-electron chi connectivity index (χ4n) is 1.83. The molecule has 9 heteroatoms. The van der Waals surface area contributed by atoms with E-state index in [9.17, 15) is 18.9 Å². The van der Waals surface area contributed by atoms with Crippen molar-refractivity contribution in [3.63, 3.8) is 0 Å². The van der Waals surface area contributed by atoms with E-state index >= 15 is 0 Å². The lowest BCUT2D eigenvalue weighted by molar-refractivity contribution is -0.118. The molecule has 0 amide bonds. The van der Waals surface area contributed by atoms with Gasteiger partial charge in [0, 0.05) is 6.42 Å². The fraction of sp³-hybridized carbons (Fsp3) is 0.429. The summed E-state index contributed by atoms with van der Waals surface area (Å²) in [6, 6.07) is 4.89. The Morgan fingerprint density at radius 3 is 2.26 bits per heavy atom. The zero-order valence-corrected chi connectivity index (χ0v) is 13.7. The van der Waals surface area contributed by atoms with Gasteiger partial charge in [0.25, 0.3) is 5.78 Å². The quantitative estimate of drug-likeness (QED) is 0.321. The van der Waals surface area contributed by atoms with Gasteiger partial charge < -0.3 is 19.7 Å². The van der Waals surface area contributed by atoms with Gasteiger partial charge in [-0.3, -0.25) is 4.79 Å². The normalized spacial score (nSPS) is 12.5. The van der Waals surface area contributed by atoms with Gasteiger partial charge in [-0.1, -0.05) is 12.1 Å². The number of Topliss-reactive ketones (excluding diaryl/α,β-unsaturated/α-hetero) is 1. The monoisotopic (exact) mass is 344 g/mol. The minimum absolute atomic E-state index is 0.0237. The molecule has 0 radical (unpaired) electrons. The van der Waals surface area contributed by atoms with Gasteiger partial charge in [0.15, 0.2) is 0 Å². The Bertz CT molecular complexity index is 633. The second-order valence-electron chi connectivity index (χ2n) is 4.45. The van der Waals surface area contributed by atoms with Gasteiger partial charge in [-0.05, 0) is 31.5 Å². The molecule has 0 saturated heterocycles. The van der Waals surface area contributed by atoms with Crippen LogP contribution in [0.5, 0.6) is 0 Å². The Kier molecular flexibility index (Phi) is 7.42. The molecule has 0 spiro atoms. The third kappa shape index (κ3) is 5.16. The largest absolute Gasteiger partial charge is 0.446 e. The molecule has 0 unspecified atom stereocenters. The number of hydrogen-bond acceptors (Lipinski definition) is 5. The molecule has 1 aromatic rings. The summed E-state index contributed by atoms with van der Waals surface area (Å²) in [5, 5.41) is 10.0. The van der Waals surface area contributed by atoms with Crippen LogP contribution in [0.15, 0.2) is 24.3 Å². The summed E-state index contributed by atoms with van der Waals surface area (Å²) in [5.74, 6) is -1.38. The number of rotatable bonds is 9.